The Labute approximate surface area is 167 Å². The molecule has 6 nitrogen and oxygen atoms in total. The van der Waals surface area contributed by atoms with Crippen molar-refractivity contribution in [1.29, 1.82) is 0 Å². The summed E-state index contributed by atoms with van der Waals surface area (Å²) >= 11 is 1.12. The molecule has 1 N–H and O–H groups in total. The molecule has 4 aromatic rings. The number of Topliss-reactive ketones (excluding diaryl/α,β-unsaturated/α-hetero) is 1. The number of nitrogens with zero attached hydrogens (tertiary/aromatic N) is 2. The second-order valence-electron chi connectivity index (χ2n) is 6.13. The predicted octanol–water partition coefficient (Wildman–Crippen LogP) is 5.37. The fraction of sp³-hybridized carbons (Fsp3) is 0.0476. The molecule has 0 aliphatic rings. The van der Waals surface area contributed by atoms with Gasteiger partial charge in [0.15, 0.2) is 5.58 Å². The fourth-order valence-electron chi connectivity index (χ4n) is 2.95. The maximum atomic E-state index is 13.6. The van der Waals surface area contributed by atoms with E-state index in [9.17, 15) is 19.1 Å². The van der Waals surface area contributed by atoms with Crippen LogP contribution in [0.5, 0.6) is 0 Å². The van der Waals surface area contributed by atoms with Crippen molar-refractivity contribution < 1.29 is 23.5 Å². The lowest BCUT2D eigenvalue weighted by molar-refractivity contribution is 0.0697. The van der Waals surface area contributed by atoms with Crippen LogP contribution in [0.25, 0.3) is 26.4 Å². The molecule has 0 atom stereocenters. The zero-order valence-corrected chi connectivity index (χ0v) is 15.5. The van der Waals surface area contributed by atoms with Gasteiger partial charge < -0.3 is 9.52 Å². The predicted molar refractivity (Wildman–Crippen MR) is 105 cm³/mol. The Morgan fingerprint density at radius 2 is 2.03 bits per heavy atom. The number of hydrogen-bond donors (Lipinski definition) is 1. The topological polar surface area (TPSA) is 84.8 Å². The maximum absolute atomic E-state index is 13.6. The Balaban J connectivity index is 1.71. The lowest BCUT2D eigenvalue weighted by Crippen LogP contribution is -2.08. The van der Waals surface area contributed by atoms with E-state index in [2.05, 4.69) is 9.83 Å². The molecule has 2 aromatic heterocycles. The van der Waals surface area contributed by atoms with Crippen LogP contribution in [0.4, 0.5) is 10.1 Å². The molecule has 0 aliphatic heterocycles. The summed E-state index contributed by atoms with van der Waals surface area (Å²) in [6.07, 6.45) is -0.207. The standard InChI is InChI=1S/C21H11FN2O4S/c1-23-15-8-11(6-7-13(15)22)19-18(21(26)27)12(10-29-19)9-16(25)20-24-14-4-2-3-5-17(14)28-20/h2-8,10H,9H2,(H,26,27). The van der Waals surface area contributed by atoms with E-state index in [4.69, 9.17) is 11.0 Å². The molecule has 0 aliphatic carbocycles. The van der Waals surface area contributed by atoms with Gasteiger partial charge in [0.25, 0.3) is 5.89 Å². The quantitative estimate of drug-likeness (QED) is 0.356. The molecule has 0 saturated carbocycles. The Morgan fingerprint density at radius 3 is 2.76 bits per heavy atom. The van der Waals surface area contributed by atoms with Gasteiger partial charge in [-0.25, -0.2) is 19.0 Å². The number of para-hydroxylation sites is 2. The van der Waals surface area contributed by atoms with Gasteiger partial charge >= 0.3 is 5.97 Å². The molecular formula is C21H11FN2O4S. The van der Waals surface area contributed by atoms with Crippen molar-refractivity contribution in [3.05, 3.63) is 82.1 Å². The van der Waals surface area contributed by atoms with Crippen molar-refractivity contribution in [2.75, 3.05) is 0 Å². The number of oxazole rings is 1. The molecule has 0 unspecified atom stereocenters. The Kier molecular flexibility index (Phi) is 4.66. The first kappa shape index (κ1) is 18.5. The normalized spacial score (nSPS) is 10.8. The summed E-state index contributed by atoms with van der Waals surface area (Å²) in [5.41, 5.74) is 1.47. The first-order chi connectivity index (χ1) is 14.0. The molecule has 142 valence electrons. The van der Waals surface area contributed by atoms with Gasteiger partial charge in [-0.15, -0.1) is 11.3 Å². The summed E-state index contributed by atoms with van der Waals surface area (Å²) in [5, 5.41) is 11.3. The highest BCUT2D eigenvalue weighted by Gasteiger charge is 2.24. The summed E-state index contributed by atoms with van der Waals surface area (Å²) in [6.45, 7) is 7.03. The highest BCUT2D eigenvalue weighted by molar-refractivity contribution is 7.14. The second-order valence-corrected chi connectivity index (χ2v) is 7.01. The number of carboxylic acid groups (broad SMARTS) is 1. The van der Waals surface area contributed by atoms with E-state index < -0.39 is 17.6 Å². The van der Waals surface area contributed by atoms with Gasteiger partial charge in [0.1, 0.15) is 11.3 Å². The van der Waals surface area contributed by atoms with Crippen molar-refractivity contribution in [3.63, 3.8) is 0 Å². The van der Waals surface area contributed by atoms with Crippen LogP contribution in [0.2, 0.25) is 0 Å². The number of ketones is 1. The largest absolute Gasteiger partial charge is 0.478 e. The minimum atomic E-state index is -1.21. The Bertz CT molecular complexity index is 1280. The summed E-state index contributed by atoms with van der Waals surface area (Å²) < 4.78 is 19.1. The molecule has 2 heterocycles. The van der Waals surface area contributed by atoms with Crippen LogP contribution in [-0.2, 0) is 6.42 Å². The minimum absolute atomic E-state index is 0.0537. The van der Waals surface area contributed by atoms with E-state index in [1.54, 1.807) is 29.6 Å². The third-order valence-electron chi connectivity index (χ3n) is 4.29. The first-order valence-electron chi connectivity index (χ1n) is 8.37. The molecule has 8 heteroatoms. The number of halogens is 1. The van der Waals surface area contributed by atoms with Crippen molar-refractivity contribution >= 4 is 39.9 Å². The number of aromatic nitrogens is 1. The number of fused-ring (bicyclic) bond motifs is 1. The fourth-order valence-corrected chi connectivity index (χ4v) is 4.01. The lowest BCUT2D eigenvalue weighted by Gasteiger charge is -2.04. The molecule has 29 heavy (non-hydrogen) atoms. The molecule has 0 fully saturated rings. The number of thiophene rings is 1. The van der Waals surface area contributed by atoms with Gasteiger partial charge in [-0.05, 0) is 40.8 Å². The molecule has 0 saturated heterocycles. The van der Waals surface area contributed by atoms with Crippen LogP contribution >= 0.6 is 11.3 Å². The molecule has 0 spiro atoms. The summed E-state index contributed by atoms with van der Waals surface area (Å²) in [4.78, 5) is 32.1. The number of hydrogen-bond acceptors (Lipinski definition) is 5. The lowest BCUT2D eigenvalue weighted by atomic mass is 10.0. The van der Waals surface area contributed by atoms with Crippen LogP contribution in [0, 0.1) is 12.4 Å². The number of benzene rings is 2. The third-order valence-corrected chi connectivity index (χ3v) is 5.37. The Morgan fingerprint density at radius 1 is 1.24 bits per heavy atom. The van der Waals surface area contributed by atoms with Crippen LogP contribution in [0.3, 0.4) is 0 Å². The van der Waals surface area contributed by atoms with Crippen molar-refractivity contribution in [3.8, 4) is 10.4 Å². The molecule has 0 amide bonds. The van der Waals surface area contributed by atoms with Gasteiger partial charge in [0, 0.05) is 11.3 Å². The van der Waals surface area contributed by atoms with E-state index in [1.807, 2.05) is 0 Å². The van der Waals surface area contributed by atoms with Crippen molar-refractivity contribution in [1.82, 2.24) is 4.98 Å². The van der Waals surface area contributed by atoms with Crippen LogP contribution in [-0.4, -0.2) is 21.8 Å². The molecule has 0 radical (unpaired) electrons. The average molecular weight is 406 g/mol. The number of carbonyl (C=O) groups excluding carboxylic acids is 1. The van der Waals surface area contributed by atoms with Gasteiger partial charge in [-0.1, -0.05) is 18.2 Å². The number of carbonyl (C=O) groups is 2. The summed E-state index contributed by atoms with van der Waals surface area (Å²) in [7, 11) is 0. The average Bonchev–Trinajstić information content (AvgIpc) is 3.32. The number of rotatable bonds is 5. The zero-order chi connectivity index (χ0) is 20.5. The van der Waals surface area contributed by atoms with E-state index in [0.29, 0.717) is 27.1 Å². The molecule has 2 aromatic carbocycles. The summed E-state index contributed by atoms with van der Waals surface area (Å²) in [5.74, 6) is -2.43. The third kappa shape index (κ3) is 3.39. The minimum Gasteiger partial charge on any atom is -0.478 e. The molecule has 0 bridgehead atoms. The van der Waals surface area contributed by atoms with E-state index in [-0.39, 0.29) is 23.6 Å². The van der Waals surface area contributed by atoms with Gasteiger partial charge in [0.05, 0.1) is 12.1 Å². The molecular weight excluding hydrogens is 395 g/mol. The SMILES string of the molecule is [C-]#[N+]c1cc(-c2scc(CC(=O)c3nc4ccccc4o3)c2C(=O)O)ccc1F. The summed E-state index contributed by atoms with van der Waals surface area (Å²) in [6, 6.07) is 10.8. The molecule has 4 rings (SSSR count). The van der Waals surface area contributed by atoms with Crippen molar-refractivity contribution in [2.45, 2.75) is 6.42 Å². The van der Waals surface area contributed by atoms with Gasteiger partial charge in [0.2, 0.25) is 11.5 Å². The van der Waals surface area contributed by atoms with E-state index >= 15 is 0 Å². The zero-order valence-electron chi connectivity index (χ0n) is 14.7. The first-order valence-corrected chi connectivity index (χ1v) is 9.25. The van der Waals surface area contributed by atoms with E-state index in [0.717, 1.165) is 17.4 Å². The highest BCUT2D eigenvalue weighted by atomic mass is 32.1. The van der Waals surface area contributed by atoms with Crippen LogP contribution in [0.1, 0.15) is 26.6 Å². The van der Waals surface area contributed by atoms with Crippen molar-refractivity contribution in [2.24, 2.45) is 0 Å². The van der Waals surface area contributed by atoms with Gasteiger partial charge in [-0.3, -0.25) is 4.79 Å². The monoisotopic (exact) mass is 406 g/mol. The van der Waals surface area contributed by atoms with Gasteiger partial charge in [-0.2, -0.15) is 0 Å². The smallest absolute Gasteiger partial charge is 0.337 e. The van der Waals surface area contributed by atoms with Crippen LogP contribution in [0.15, 0.2) is 52.3 Å². The number of aromatic carboxylic acids is 1. The van der Waals surface area contributed by atoms with E-state index in [1.165, 1.54) is 12.1 Å². The highest BCUT2D eigenvalue weighted by Crippen LogP contribution is 2.36. The van der Waals surface area contributed by atoms with Crippen LogP contribution < -0.4 is 0 Å². The number of carboxylic acids is 1. The Hall–Kier alpha value is -3.83. The maximum Gasteiger partial charge on any atom is 0.337 e. The second kappa shape index (κ2) is 7.30.